The molecule has 1 aliphatic rings. The summed E-state index contributed by atoms with van der Waals surface area (Å²) in [5.74, 6) is 0.807. The molecule has 0 radical (unpaired) electrons. The Bertz CT molecular complexity index is 402. The van der Waals surface area contributed by atoms with Crippen molar-refractivity contribution in [3.05, 3.63) is 21.9 Å². The van der Waals surface area contributed by atoms with E-state index in [1.54, 1.807) is 11.3 Å². The molecule has 0 aliphatic carbocycles. The van der Waals surface area contributed by atoms with Gasteiger partial charge in [0.1, 0.15) is 0 Å². The van der Waals surface area contributed by atoms with Crippen LogP contribution in [0, 0.1) is 5.92 Å². The number of carbonyl (C=O) groups excluding carboxylic acids is 1. The number of thiophene rings is 1. The van der Waals surface area contributed by atoms with Crippen LogP contribution in [0.5, 0.6) is 0 Å². The highest BCUT2D eigenvalue weighted by Crippen LogP contribution is 2.21. The summed E-state index contributed by atoms with van der Waals surface area (Å²) in [6, 6.07) is 4.00. The number of rotatable bonds is 6. The van der Waals surface area contributed by atoms with Crippen LogP contribution in [0.25, 0.3) is 0 Å². The minimum atomic E-state index is 0.240. The van der Waals surface area contributed by atoms with E-state index in [0.29, 0.717) is 12.5 Å². The number of nitrogens with zero attached hydrogens (tertiary/aromatic N) is 1. The summed E-state index contributed by atoms with van der Waals surface area (Å²) in [5.41, 5.74) is 0. The predicted molar refractivity (Wildman–Crippen MR) is 74.3 cm³/mol. The van der Waals surface area contributed by atoms with Gasteiger partial charge in [0.25, 0.3) is 0 Å². The van der Waals surface area contributed by atoms with E-state index >= 15 is 0 Å². The molecule has 2 heterocycles. The minimum absolute atomic E-state index is 0.240. The lowest BCUT2D eigenvalue weighted by atomic mass is 10.1. The van der Waals surface area contributed by atoms with Gasteiger partial charge < -0.3 is 5.11 Å². The lowest BCUT2D eigenvalue weighted by Crippen LogP contribution is -2.27. The molecule has 1 N–H and O–H groups in total. The van der Waals surface area contributed by atoms with Crippen molar-refractivity contribution < 1.29 is 9.90 Å². The van der Waals surface area contributed by atoms with Gasteiger partial charge in [-0.25, -0.2) is 0 Å². The molecule has 1 aromatic rings. The zero-order valence-corrected chi connectivity index (χ0v) is 11.7. The Morgan fingerprint density at radius 1 is 1.56 bits per heavy atom. The molecule has 0 saturated carbocycles. The van der Waals surface area contributed by atoms with E-state index in [4.69, 9.17) is 5.11 Å². The van der Waals surface area contributed by atoms with Crippen molar-refractivity contribution in [2.75, 3.05) is 26.2 Å². The second-order valence-corrected chi connectivity index (χ2v) is 6.11. The van der Waals surface area contributed by atoms with E-state index < -0.39 is 0 Å². The number of ketones is 1. The maximum atomic E-state index is 12.1. The average molecular weight is 267 g/mol. The Morgan fingerprint density at radius 3 is 3.06 bits per heavy atom. The van der Waals surface area contributed by atoms with E-state index in [-0.39, 0.29) is 12.4 Å². The molecule has 1 aromatic heterocycles. The maximum Gasteiger partial charge on any atom is 0.186 e. The predicted octanol–water partition coefficient (Wildman–Crippen LogP) is 2.20. The van der Waals surface area contributed by atoms with Crippen molar-refractivity contribution in [1.29, 1.82) is 0 Å². The van der Waals surface area contributed by atoms with Crippen LogP contribution in [0.3, 0.4) is 0 Å². The SMILES string of the molecule is CCc1ccc(C(=O)CN2CCC(CCO)C2)s1. The number of hydrogen-bond donors (Lipinski definition) is 1. The number of aliphatic hydroxyl groups is 1. The van der Waals surface area contributed by atoms with Gasteiger partial charge in [-0.1, -0.05) is 6.92 Å². The van der Waals surface area contributed by atoms with Crippen LogP contribution in [0.1, 0.15) is 34.3 Å². The first-order valence-corrected chi connectivity index (χ1v) is 7.49. The van der Waals surface area contributed by atoms with E-state index in [9.17, 15) is 4.79 Å². The topological polar surface area (TPSA) is 40.5 Å². The summed E-state index contributed by atoms with van der Waals surface area (Å²) < 4.78 is 0. The summed E-state index contributed by atoms with van der Waals surface area (Å²) in [7, 11) is 0. The molecule has 1 atom stereocenters. The first kappa shape index (κ1) is 13.7. The van der Waals surface area contributed by atoms with Crippen LogP contribution in [0.4, 0.5) is 0 Å². The van der Waals surface area contributed by atoms with Gasteiger partial charge >= 0.3 is 0 Å². The molecule has 4 heteroatoms. The van der Waals surface area contributed by atoms with Gasteiger partial charge in [-0.3, -0.25) is 9.69 Å². The number of hydrogen-bond acceptors (Lipinski definition) is 4. The normalized spacial score (nSPS) is 20.4. The fourth-order valence-corrected chi connectivity index (χ4v) is 3.35. The van der Waals surface area contributed by atoms with Gasteiger partial charge in [0.15, 0.2) is 5.78 Å². The Labute approximate surface area is 112 Å². The van der Waals surface area contributed by atoms with Crippen LogP contribution in [-0.4, -0.2) is 42.0 Å². The number of carbonyl (C=O) groups is 1. The zero-order chi connectivity index (χ0) is 13.0. The molecular weight excluding hydrogens is 246 g/mol. The van der Waals surface area contributed by atoms with Crippen molar-refractivity contribution in [1.82, 2.24) is 4.90 Å². The molecular formula is C14H21NO2S. The summed E-state index contributed by atoms with van der Waals surface area (Å²) in [5, 5.41) is 8.92. The molecule has 2 rings (SSSR count). The molecule has 1 fully saturated rings. The van der Waals surface area contributed by atoms with Crippen molar-refractivity contribution in [2.24, 2.45) is 5.92 Å². The van der Waals surface area contributed by atoms with Crippen LogP contribution < -0.4 is 0 Å². The maximum absolute atomic E-state index is 12.1. The Kier molecular flexibility index (Phi) is 4.92. The van der Waals surface area contributed by atoms with Gasteiger partial charge in [-0.2, -0.15) is 0 Å². The van der Waals surface area contributed by atoms with Gasteiger partial charge in [0.2, 0.25) is 0 Å². The van der Waals surface area contributed by atoms with Crippen molar-refractivity contribution in [3.63, 3.8) is 0 Å². The fourth-order valence-electron chi connectivity index (χ4n) is 2.47. The quantitative estimate of drug-likeness (QED) is 0.803. The smallest absolute Gasteiger partial charge is 0.186 e. The second kappa shape index (κ2) is 6.45. The monoisotopic (exact) mass is 267 g/mol. The van der Waals surface area contributed by atoms with Gasteiger partial charge in [-0.05, 0) is 43.9 Å². The molecule has 3 nitrogen and oxygen atoms in total. The minimum Gasteiger partial charge on any atom is -0.396 e. The number of likely N-dealkylation sites (tertiary alicyclic amines) is 1. The van der Waals surface area contributed by atoms with Crippen LogP contribution >= 0.6 is 11.3 Å². The van der Waals surface area contributed by atoms with E-state index in [0.717, 1.165) is 37.2 Å². The first-order chi connectivity index (χ1) is 8.72. The molecule has 0 aromatic carbocycles. The third kappa shape index (κ3) is 3.40. The molecule has 1 saturated heterocycles. The largest absolute Gasteiger partial charge is 0.396 e. The van der Waals surface area contributed by atoms with Gasteiger partial charge in [0.05, 0.1) is 11.4 Å². The lowest BCUT2D eigenvalue weighted by Gasteiger charge is -2.14. The van der Waals surface area contributed by atoms with Crippen LogP contribution in [-0.2, 0) is 6.42 Å². The van der Waals surface area contributed by atoms with E-state index in [2.05, 4.69) is 17.9 Å². The number of aliphatic hydroxyl groups excluding tert-OH is 1. The molecule has 1 aliphatic heterocycles. The second-order valence-electron chi connectivity index (χ2n) is 4.94. The summed E-state index contributed by atoms with van der Waals surface area (Å²) in [4.78, 5) is 16.5. The molecule has 1 unspecified atom stereocenters. The van der Waals surface area contributed by atoms with E-state index in [1.807, 2.05) is 6.07 Å². The highest BCUT2D eigenvalue weighted by molar-refractivity contribution is 7.14. The van der Waals surface area contributed by atoms with Crippen LogP contribution in [0.15, 0.2) is 12.1 Å². The first-order valence-electron chi connectivity index (χ1n) is 6.68. The Morgan fingerprint density at radius 2 is 2.39 bits per heavy atom. The summed E-state index contributed by atoms with van der Waals surface area (Å²) in [6.07, 6.45) is 2.97. The molecule has 0 amide bonds. The van der Waals surface area contributed by atoms with Crippen LogP contribution in [0.2, 0.25) is 0 Å². The molecule has 0 bridgehead atoms. The molecule has 18 heavy (non-hydrogen) atoms. The lowest BCUT2D eigenvalue weighted by molar-refractivity contribution is 0.0946. The highest BCUT2D eigenvalue weighted by atomic mass is 32.1. The zero-order valence-electron chi connectivity index (χ0n) is 10.9. The number of Topliss-reactive ketones (excluding diaryl/α,β-unsaturated/α-hetero) is 1. The third-order valence-electron chi connectivity index (χ3n) is 3.56. The average Bonchev–Trinajstić information content (AvgIpc) is 2.98. The van der Waals surface area contributed by atoms with Crippen molar-refractivity contribution in [2.45, 2.75) is 26.2 Å². The Hall–Kier alpha value is -0.710. The molecule has 0 spiro atoms. The summed E-state index contributed by atoms with van der Waals surface area (Å²) >= 11 is 1.62. The standard InChI is InChI=1S/C14H21NO2S/c1-2-12-3-4-14(18-12)13(17)10-15-7-5-11(9-15)6-8-16/h3-4,11,16H,2,5-10H2,1H3. The van der Waals surface area contributed by atoms with E-state index in [1.165, 1.54) is 4.88 Å². The third-order valence-corrected chi connectivity index (χ3v) is 4.83. The highest BCUT2D eigenvalue weighted by Gasteiger charge is 2.24. The fraction of sp³-hybridized carbons (Fsp3) is 0.643. The van der Waals surface area contributed by atoms with Gasteiger partial charge in [-0.15, -0.1) is 11.3 Å². The van der Waals surface area contributed by atoms with Crippen molar-refractivity contribution in [3.8, 4) is 0 Å². The molecule has 100 valence electrons. The summed E-state index contributed by atoms with van der Waals surface area (Å²) in [6.45, 7) is 4.85. The Balaban J connectivity index is 1.84. The van der Waals surface area contributed by atoms with Crippen molar-refractivity contribution >= 4 is 17.1 Å². The number of aryl methyl sites for hydroxylation is 1. The van der Waals surface area contributed by atoms with Gasteiger partial charge in [0, 0.05) is 18.0 Å².